The predicted molar refractivity (Wildman–Crippen MR) is 92.5 cm³/mol. The second-order valence-electron chi connectivity index (χ2n) is 6.22. The third kappa shape index (κ3) is 5.25. The third-order valence-electron chi connectivity index (χ3n) is 4.34. The molecule has 0 spiro atoms. The average Bonchev–Trinajstić information content (AvgIpc) is 3.14. The van der Waals surface area contributed by atoms with Crippen molar-refractivity contribution in [2.75, 3.05) is 25.4 Å². The Balaban J connectivity index is 1.41. The maximum atomic E-state index is 12.4. The number of hydrogen-bond acceptors (Lipinski definition) is 6. The van der Waals surface area contributed by atoms with Crippen LogP contribution in [0.3, 0.4) is 0 Å². The highest BCUT2D eigenvalue weighted by Crippen LogP contribution is 2.14. The van der Waals surface area contributed by atoms with Gasteiger partial charge in [-0.15, -0.1) is 0 Å². The molecule has 1 saturated heterocycles. The van der Waals surface area contributed by atoms with E-state index in [0.717, 1.165) is 24.8 Å². The largest absolute Gasteiger partial charge is 0.384 e. The van der Waals surface area contributed by atoms with Crippen LogP contribution in [-0.2, 0) is 22.5 Å². The molecule has 0 aliphatic carbocycles. The number of aryl methyl sites for hydroxylation is 2. The van der Waals surface area contributed by atoms with E-state index in [4.69, 9.17) is 10.5 Å². The second kappa shape index (κ2) is 8.57. The summed E-state index contributed by atoms with van der Waals surface area (Å²) in [5.41, 5.74) is 6.85. The van der Waals surface area contributed by atoms with E-state index in [2.05, 4.69) is 15.1 Å². The smallest absolute Gasteiger partial charge is 0.222 e. The summed E-state index contributed by atoms with van der Waals surface area (Å²) in [6, 6.07) is 3.85. The molecular weight excluding hydrogens is 320 g/mol. The number of aromatic nitrogens is 4. The fourth-order valence-corrected chi connectivity index (χ4v) is 3.00. The van der Waals surface area contributed by atoms with Crippen molar-refractivity contribution in [1.29, 1.82) is 0 Å². The first-order valence-corrected chi connectivity index (χ1v) is 8.63. The molecule has 8 nitrogen and oxygen atoms in total. The van der Waals surface area contributed by atoms with Crippen molar-refractivity contribution in [2.45, 2.75) is 38.3 Å². The molecule has 1 atom stereocenters. The molecule has 1 aliphatic heterocycles. The van der Waals surface area contributed by atoms with Crippen LogP contribution in [0.15, 0.2) is 31.0 Å². The van der Waals surface area contributed by atoms with E-state index in [1.165, 1.54) is 6.33 Å². The molecular formula is C17H24N6O2. The maximum Gasteiger partial charge on any atom is 0.222 e. The van der Waals surface area contributed by atoms with Gasteiger partial charge in [0.1, 0.15) is 18.5 Å². The molecule has 3 heterocycles. The van der Waals surface area contributed by atoms with Crippen molar-refractivity contribution in [1.82, 2.24) is 24.6 Å². The molecule has 0 saturated carbocycles. The molecule has 0 bridgehead atoms. The van der Waals surface area contributed by atoms with Gasteiger partial charge in [-0.3, -0.25) is 9.48 Å². The molecule has 1 aliphatic rings. The number of amides is 1. The first-order valence-electron chi connectivity index (χ1n) is 8.63. The number of carbonyl (C=O) groups is 1. The molecule has 25 heavy (non-hydrogen) atoms. The van der Waals surface area contributed by atoms with Gasteiger partial charge in [0.05, 0.1) is 12.7 Å². The molecule has 2 aromatic rings. The summed E-state index contributed by atoms with van der Waals surface area (Å²) in [4.78, 5) is 22.2. The SMILES string of the molecule is Nc1cc(CC[C@@H]2CN(C(=O)CCCn3cncn3)CCO2)ccn1. The minimum atomic E-state index is 0.0717. The average molecular weight is 344 g/mol. The fourth-order valence-electron chi connectivity index (χ4n) is 3.00. The Labute approximate surface area is 147 Å². The van der Waals surface area contributed by atoms with Gasteiger partial charge in [0.25, 0.3) is 0 Å². The van der Waals surface area contributed by atoms with Crippen molar-refractivity contribution in [3.8, 4) is 0 Å². The number of ether oxygens (including phenoxy) is 1. The molecule has 134 valence electrons. The first-order chi connectivity index (χ1) is 12.2. The number of hydrogen-bond donors (Lipinski definition) is 1. The summed E-state index contributed by atoms with van der Waals surface area (Å²) in [5, 5.41) is 4.04. The number of nitrogens with two attached hydrogens (primary N) is 1. The van der Waals surface area contributed by atoms with Crippen LogP contribution in [-0.4, -0.2) is 56.4 Å². The zero-order valence-electron chi connectivity index (χ0n) is 14.3. The van der Waals surface area contributed by atoms with Gasteiger partial charge in [-0.05, 0) is 37.0 Å². The van der Waals surface area contributed by atoms with Crippen LogP contribution in [0.25, 0.3) is 0 Å². The minimum absolute atomic E-state index is 0.0717. The fraction of sp³-hybridized carbons (Fsp3) is 0.529. The molecule has 1 amide bonds. The van der Waals surface area contributed by atoms with Crippen molar-refractivity contribution in [2.24, 2.45) is 0 Å². The standard InChI is InChI=1S/C17H24N6O2/c18-16-10-14(5-6-20-16)3-4-15-11-22(8-9-25-15)17(24)2-1-7-23-13-19-12-21-23/h5-6,10,12-13,15H,1-4,7-9,11H2,(H2,18,20)/t15-/m1/s1. The van der Waals surface area contributed by atoms with Gasteiger partial charge in [0.2, 0.25) is 5.91 Å². The van der Waals surface area contributed by atoms with E-state index in [9.17, 15) is 4.79 Å². The van der Waals surface area contributed by atoms with E-state index in [0.29, 0.717) is 38.5 Å². The lowest BCUT2D eigenvalue weighted by Gasteiger charge is -2.33. The molecule has 8 heteroatoms. The molecule has 0 unspecified atom stereocenters. The first kappa shape index (κ1) is 17.3. The molecule has 3 rings (SSSR count). The van der Waals surface area contributed by atoms with Crippen LogP contribution in [0.4, 0.5) is 5.82 Å². The zero-order valence-corrected chi connectivity index (χ0v) is 14.3. The van der Waals surface area contributed by atoms with Crippen LogP contribution >= 0.6 is 0 Å². The summed E-state index contributed by atoms with van der Waals surface area (Å²) in [5.74, 6) is 0.716. The highest BCUT2D eigenvalue weighted by atomic mass is 16.5. The topological polar surface area (TPSA) is 99.2 Å². The Morgan fingerprint density at radius 1 is 1.44 bits per heavy atom. The lowest BCUT2D eigenvalue weighted by atomic mass is 10.1. The van der Waals surface area contributed by atoms with E-state index in [-0.39, 0.29) is 12.0 Å². The van der Waals surface area contributed by atoms with Gasteiger partial charge < -0.3 is 15.4 Å². The molecule has 2 aromatic heterocycles. The lowest BCUT2D eigenvalue weighted by molar-refractivity contribution is -0.139. The summed E-state index contributed by atoms with van der Waals surface area (Å²) in [7, 11) is 0. The summed E-state index contributed by atoms with van der Waals surface area (Å²) in [6.45, 7) is 2.63. The summed E-state index contributed by atoms with van der Waals surface area (Å²) in [6.07, 6.45) is 7.98. The number of morpholine rings is 1. The Bertz CT molecular complexity index is 676. The van der Waals surface area contributed by atoms with Crippen LogP contribution in [0.5, 0.6) is 0 Å². The predicted octanol–water partition coefficient (Wildman–Crippen LogP) is 0.896. The van der Waals surface area contributed by atoms with Crippen molar-refractivity contribution in [3.05, 3.63) is 36.5 Å². The van der Waals surface area contributed by atoms with Crippen LogP contribution in [0.2, 0.25) is 0 Å². The Morgan fingerprint density at radius 2 is 2.36 bits per heavy atom. The molecule has 0 aromatic carbocycles. The second-order valence-corrected chi connectivity index (χ2v) is 6.22. The number of nitrogen functional groups attached to an aromatic ring is 1. The van der Waals surface area contributed by atoms with Gasteiger partial charge in [-0.1, -0.05) is 0 Å². The zero-order chi connectivity index (χ0) is 17.5. The minimum Gasteiger partial charge on any atom is -0.384 e. The number of rotatable bonds is 7. The molecule has 0 radical (unpaired) electrons. The number of nitrogens with zero attached hydrogens (tertiary/aromatic N) is 5. The van der Waals surface area contributed by atoms with E-state index in [1.54, 1.807) is 17.2 Å². The third-order valence-corrected chi connectivity index (χ3v) is 4.34. The number of pyridine rings is 1. The quantitative estimate of drug-likeness (QED) is 0.801. The van der Waals surface area contributed by atoms with Gasteiger partial charge in [0, 0.05) is 32.3 Å². The lowest BCUT2D eigenvalue weighted by Crippen LogP contribution is -2.45. The van der Waals surface area contributed by atoms with Crippen molar-refractivity contribution >= 4 is 11.7 Å². The molecule has 2 N–H and O–H groups in total. The van der Waals surface area contributed by atoms with Gasteiger partial charge >= 0.3 is 0 Å². The Hall–Kier alpha value is -2.48. The highest BCUT2D eigenvalue weighted by molar-refractivity contribution is 5.76. The van der Waals surface area contributed by atoms with Gasteiger partial charge in [-0.25, -0.2) is 9.97 Å². The highest BCUT2D eigenvalue weighted by Gasteiger charge is 2.23. The Morgan fingerprint density at radius 3 is 3.16 bits per heavy atom. The summed E-state index contributed by atoms with van der Waals surface area (Å²) >= 11 is 0. The maximum absolute atomic E-state index is 12.4. The van der Waals surface area contributed by atoms with E-state index < -0.39 is 0 Å². The van der Waals surface area contributed by atoms with Gasteiger partial charge in [-0.2, -0.15) is 5.10 Å². The van der Waals surface area contributed by atoms with Crippen molar-refractivity contribution < 1.29 is 9.53 Å². The molecule has 1 fully saturated rings. The normalized spacial score (nSPS) is 17.6. The van der Waals surface area contributed by atoms with E-state index >= 15 is 0 Å². The van der Waals surface area contributed by atoms with Crippen LogP contribution < -0.4 is 5.73 Å². The summed E-state index contributed by atoms with van der Waals surface area (Å²) < 4.78 is 7.56. The Kier molecular flexibility index (Phi) is 5.95. The van der Waals surface area contributed by atoms with Crippen LogP contribution in [0, 0.1) is 0 Å². The van der Waals surface area contributed by atoms with Crippen LogP contribution in [0.1, 0.15) is 24.8 Å². The van der Waals surface area contributed by atoms with Gasteiger partial charge in [0.15, 0.2) is 0 Å². The van der Waals surface area contributed by atoms with E-state index in [1.807, 2.05) is 17.0 Å². The van der Waals surface area contributed by atoms with Crippen molar-refractivity contribution in [3.63, 3.8) is 0 Å². The monoisotopic (exact) mass is 344 g/mol. The number of anilines is 1. The number of carbonyl (C=O) groups excluding carboxylic acids is 1.